The van der Waals surface area contributed by atoms with Crippen molar-refractivity contribution in [2.75, 3.05) is 0 Å². The van der Waals surface area contributed by atoms with Crippen LogP contribution in [0.4, 0.5) is 0 Å². The van der Waals surface area contributed by atoms with Crippen LogP contribution in [0.5, 0.6) is 0 Å². The molecule has 0 radical (unpaired) electrons. The minimum Gasteiger partial charge on any atom is -0.338 e. The van der Waals surface area contributed by atoms with Gasteiger partial charge in [-0.05, 0) is 23.8 Å². The molecule has 4 aromatic rings. The van der Waals surface area contributed by atoms with Crippen molar-refractivity contribution in [3.8, 4) is 6.07 Å². The molecule has 28 heavy (non-hydrogen) atoms. The molecule has 3 nitrogen and oxygen atoms in total. The molecular weight excluding hydrogens is 368 g/mol. The number of carbonyl (C=O) groups is 1. The van der Waals surface area contributed by atoms with Crippen molar-refractivity contribution in [1.82, 2.24) is 4.57 Å². The van der Waals surface area contributed by atoms with Crippen molar-refractivity contribution in [2.24, 2.45) is 0 Å². The zero-order chi connectivity index (χ0) is 19.5. The molecule has 136 valence electrons. The van der Waals surface area contributed by atoms with Gasteiger partial charge < -0.3 is 4.57 Å². The number of halogens is 1. The molecule has 4 heteroatoms. The monoisotopic (exact) mass is 384 g/mol. The molecule has 1 atom stereocenters. The Balaban J connectivity index is 1.83. The third-order valence-electron chi connectivity index (χ3n) is 4.93. The summed E-state index contributed by atoms with van der Waals surface area (Å²) in [7, 11) is 0. The Bertz CT molecular complexity index is 1170. The molecule has 1 heterocycles. The van der Waals surface area contributed by atoms with E-state index in [0.717, 1.165) is 16.5 Å². The molecule has 0 bridgehead atoms. The Kier molecular flexibility index (Phi) is 4.97. The van der Waals surface area contributed by atoms with E-state index < -0.39 is 0 Å². The van der Waals surface area contributed by atoms with Crippen LogP contribution >= 0.6 is 11.6 Å². The summed E-state index contributed by atoms with van der Waals surface area (Å²) >= 11 is 6.07. The summed E-state index contributed by atoms with van der Waals surface area (Å²) in [5, 5.41) is 11.1. The summed E-state index contributed by atoms with van der Waals surface area (Å²) in [4.78, 5) is 13.0. The minimum absolute atomic E-state index is 0.0526. The average Bonchev–Trinajstić information content (AvgIpc) is 3.12. The lowest BCUT2D eigenvalue weighted by Gasteiger charge is -2.20. The van der Waals surface area contributed by atoms with Crippen molar-refractivity contribution >= 4 is 28.3 Å². The number of benzene rings is 3. The molecule has 0 spiro atoms. The van der Waals surface area contributed by atoms with Gasteiger partial charge in [0.25, 0.3) is 0 Å². The maximum absolute atomic E-state index is 13.0. The van der Waals surface area contributed by atoms with Crippen LogP contribution in [-0.2, 0) is 0 Å². The summed E-state index contributed by atoms with van der Waals surface area (Å²) < 4.78 is 2.03. The molecule has 0 fully saturated rings. The van der Waals surface area contributed by atoms with Gasteiger partial charge in [0.05, 0.1) is 11.6 Å². The van der Waals surface area contributed by atoms with Crippen LogP contribution in [0.25, 0.3) is 10.9 Å². The number of carbonyl (C=O) groups excluding carboxylic acids is 1. The van der Waals surface area contributed by atoms with Gasteiger partial charge in [0.1, 0.15) is 6.07 Å². The zero-order valence-corrected chi connectivity index (χ0v) is 15.8. The summed E-state index contributed by atoms with van der Waals surface area (Å²) in [6, 6.07) is 26.6. The number of para-hydroxylation sites is 1. The van der Waals surface area contributed by atoms with E-state index in [1.54, 1.807) is 0 Å². The molecule has 4 rings (SSSR count). The summed E-state index contributed by atoms with van der Waals surface area (Å²) in [6.45, 7) is 0. The first-order valence-electron chi connectivity index (χ1n) is 9.01. The van der Waals surface area contributed by atoms with Crippen LogP contribution < -0.4 is 0 Å². The van der Waals surface area contributed by atoms with E-state index >= 15 is 0 Å². The number of aromatic nitrogens is 1. The molecule has 0 saturated heterocycles. The number of hydrogen-bond donors (Lipinski definition) is 0. The van der Waals surface area contributed by atoms with Crippen LogP contribution in [0, 0.1) is 11.3 Å². The standard InChI is InChI=1S/C24H17ClN2O/c25-20-12-10-17(11-13-20)23(14-24(28)18-6-2-1-3-7-18)27-16-19(15-26)21-8-4-5-9-22(21)27/h1-13,16,23H,14H2. The molecule has 0 saturated carbocycles. The van der Waals surface area contributed by atoms with Crippen molar-refractivity contribution in [2.45, 2.75) is 12.5 Å². The normalized spacial score (nSPS) is 11.9. The van der Waals surface area contributed by atoms with Gasteiger partial charge >= 0.3 is 0 Å². The predicted octanol–water partition coefficient (Wildman–Crippen LogP) is 6.03. The van der Waals surface area contributed by atoms with E-state index in [4.69, 9.17) is 11.6 Å². The van der Waals surface area contributed by atoms with E-state index in [9.17, 15) is 10.1 Å². The molecule has 0 aliphatic heterocycles. The molecule has 0 N–H and O–H groups in total. The maximum atomic E-state index is 13.0. The van der Waals surface area contributed by atoms with Gasteiger partial charge in [0, 0.05) is 34.1 Å². The van der Waals surface area contributed by atoms with E-state index in [1.165, 1.54) is 0 Å². The number of hydrogen-bond acceptors (Lipinski definition) is 2. The SMILES string of the molecule is N#Cc1cn(C(CC(=O)c2ccccc2)c2ccc(Cl)cc2)c2ccccc12. The highest BCUT2D eigenvalue weighted by atomic mass is 35.5. The second-order valence-electron chi connectivity index (χ2n) is 6.64. The van der Waals surface area contributed by atoms with Crippen LogP contribution in [0.15, 0.2) is 85.1 Å². The topological polar surface area (TPSA) is 45.8 Å². The van der Waals surface area contributed by atoms with Gasteiger partial charge in [-0.1, -0.05) is 72.3 Å². The van der Waals surface area contributed by atoms with Crippen molar-refractivity contribution in [1.29, 1.82) is 5.26 Å². The fraction of sp³-hybridized carbons (Fsp3) is 0.0833. The highest BCUT2D eigenvalue weighted by molar-refractivity contribution is 6.30. The Labute approximate surface area is 168 Å². The first-order valence-corrected chi connectivity index (χ1v) is 9.38. The molecule has 3 aromatic carbocycles. The van der Waals surface area contributed by atoms with E-state index in [-0.39, 0.29) is 18.2 Å². The molecule has 0 aliphatic rings. The third-order valence-corrected chi connectivity index (χ3v) is 5.18. The van der Waals surface area contributed by atoms with Crippen molar-refractivity contribution < 1.29 is 4.79 Å². The van der Waals surface area contributed by atoms with Crippen LogP contribution in [-0.4, -0.2) is 10.4 Å². The number of fused-ring (bicyclic) bond motifs is 1. The number of nitrogens with zero attached hydrogens (tertiary/aromatic N) is 2. The van der Waals surface area contributed by atoms with E-state index in [2.05, 4.69) is 6.07 Å². The van der Waals surface area contributed by atoms with Crippen molar-refractivity contribution in [3.63, 3.8) is 0 Å². The highest BCUT2D eigenvalue weighted by Gasteiger charge is 2.22. The largest absolute Gasteiger partial charge is 0.338 e. The maximum Gasteiger partial charge on any atom is 0.165 e. The first-order chi connectivity index (χ1) is 13.7. The van der Waals surface area contributed by atoms with Crippen molar-refractivity contribution in [3.05, 3.63) is 107 Å². The second-order valence-corrected chi connectivity index (χ2v) is 7.08. The highest BCUT2D eigenvalue weighted by Crippen LogP contribution is 2.31. The van der Waals surface area contributed by atoms with Gasteiger partial charge in [0.2, 0.25) is 0 Å². The molecule has 0 amide bonds. The molecule has 1 unspecified atom stereocenters. The third kappa shape index (κ3) is 3.43. The lowest BCUT2D eigenvalue weighted by molar-refractivity contribution is 0.0970. The smallest absolute Gasteiger partial charge is 0.165 e. The molecule has 0 aliphatic carbocycles. The second kappa shape index (κ2) is 7.72. The van der Waals surface area contributed by atoms with Gasteiger partial charge in [-0.2, -0.15) is 5.26 Å². The number of nitriles is 1. The summed E-state index contributed by atoms with van der Waals surface area (Å²) in [5.41, 5.74) is 3.18. The van der Waals surface area contributed by atoms with Crippen LogP contribution in [0.1, 0.15) is 33.9 Å². The van der Waals surface area contributed by atoms with E-state index in [0.29, 0.717) is 16.1 Å². The lowest BCUT2D eigenvalue weighted by atomic mass is 9.97. The van der Waals surface area contributed by atoms with Gasteiger partial charge in [0.15, 0.2) is 5.78 Å². The van der Waals surface area contributed by atoms with Gasteiger partial charge in [-0.15, -0.1) is 0 Å². The van der Waals surface area contributed by atoms with Gasteiger partial charge in [-0.25, -0.2) is 0 Å². The summed E-state index contributed by atoms with van der Waals surface area (Å²) in [5.74, 6) is 0.0526. The fourth-order valence-electron chi connectivity index (χ4n) is 3.53. The van der Waals surface area contributed by atoms with E-state index in [1.807, 2.05) is 89.6 Å². The minimum atomic E-state index is -0.239. The number of ketones is 1. The van der Waals surface area contributed by atoms with Crippen LogP contribution in [0.3, 0.4) is 0 Å². The van der Waals surface area contributed by atoms with Gasteiger partial charge in [-0.3, -0.25) is 4.79 Å². The average molecular weight is 385 g/mol. The number of Topliss-reactive ketones (excluding diaryl/α,β-unsaturated/α-hetero) is 1. The Morgan fingerprint density at radius 3 is 2.36 bits per heavy atom. The Hall–Kier alpha value is -3.35. The Morgan fingerprint density at radius 1 is 0.964 bits per heavy atom. The number of rotatable bonds is 5. The zero-order valence-electron chi connectivity index (χ0n) is 15.0. The molecule has 1 aromatic heterocycles. The predicted molar refractivity (Wildman–Crippen MR) is 112 cm³/mol. The Morgan fingerprint density at radius 2 is 1.64 bits per heavy atom. The summed E-state index contributed by atoms with van der Waals surface area (Å²) in [6.07, 6.45) is 2.12. The molecular formula is C24H17ClN2O. The fourth-order valence-corrected chi connectivity index (χ4v) is 3.66. The van der Waals surface area contributed by atoms with Crippen LogP contribution in [0.2, 0.25) is 5.02 Å². The quantitative estimate of drug-likeness (QED) is 0.394. The lowest BCUT2D eigenvalue weighted by Crippen LogP contribution is -2.15. The first kappa shape index (κ1) is 18.0.